The molecule has 2 aliphatic heterocycles. The Morgan fingerprint density at radius 2 is 1.73 bits per heavy atom. The zero-order chi connectivity index (χ0) is 16.3. The van der Waals surface area contributed by atoms with Crippen LogP contribution in [-0.2, 0) is 37.4 Å². The quantitative estimate of drug-likeness (QED) is 0.390. The van der Waals surface area contributed by atoms with Crippen molar-refractivity contribution in [2.75, 3.05) is 27.2 Å². The number of methoxy groups -OCH3 is 1. The molecule has 22 heavy (non-hydrogen) atoms. The zero-order valence-electron chi connectivity index (χ0n) is 12.9. The molecule has 2 rings (SSSR count). The second-order valence-electron chi connectivity index (χ2n) is 5.26. The molecule has 2 fully saturated rings. The third kappa shape index (κ3) is 3.68. The van der Waals surface area contributed by atoms with Crippen LogP contribution in [-0.4, -0.2) is 51.3 Å². The largest absolute Gasteiger partial charge is 0.469 e. The van der Waals surface area contributed by atoms with E-state index in [9.17, 15) is 14.2 Å². The van der Waals surface area contributed by atoms with Gasteiger partial charge in [-0.3, -0.25) is 18.7 Å². The van der Waals surface area contributed by atoms with Gasteiger partial charge in [-0.05, 0) is 19.8 Å². The summed E-state index contributed by atoms with van der Waals surface area (Å²) < 4.78 is 36.9. The Bertz CT molecular complexity index is 479. The van der Waals surface area contributed by atoms with Crippen molar-refractivity contribution in [1.29, 1.82) is 0 Å². The monoisotopic (exact) mass is 336 g/mol. The molecule has 0 radical (unpaired) electrons. The first-order chi connectivity index (χ1) is 10.4. The first-order valence-corrected chi connectivity index (χ1v) is 9.15. The number of hydrogen-bond donors (Lipinski definition) is 0. The van der Waals surface area contributed by atoms with Gasteiger partial charge < -0.3 is 18.7 Å². The van der Waals surface area contributed by atoms with Gasteiger partial charge in [-0.2, -0.15) is 0 Å². The summed E-state index contributed by atoms with van der Waals surface area (Å²) in [5.74, 6) is -2.46. The number of hydrogen-bond acceptors (Lipinski definition) is 8. The van der Waals surface area contributed by atoms with E-state index in [0.29, 0.717) is 6.42 Å². The van der Waals surface area contributed by atoms with Crippen LogP contribution in [0.1, 0.15) is 19.8 Å². The van der Waals surface area contributed by atoms with Crippen molar-refractivity contribution in [3.05, 3.63) is 0 Å². The molecule has 5 atom stereocenters. The van der Waals surface area contributed by atoms with Crippen LogP contribution >= 0.6 is 7.60 Å². The lowest BCUT2D eigenvalue weighted by Crippen LogP contribution is -2.40. The van der Waals surface area contributed by atoms with Crippen molar-refractivity contribution in [2.24, 2.45) is 11.8 Å². The molecule has 0 N–H and O–H groups in total. The lowest BCUT2D eigenvalue weighted by molar-refractivity contribution is -0.164. The van der Waals surface area contributed by atoms with Gasteiger partial charge in [0, 0.05) is 6.66 Å². The number of carbonyl (C=O) groups is 2. The Morgan fingerprint density at radius 3 is 2.27 bits per heavy atom. The highest BCUT2D eigenvalue weighted by Gasteiger charge is 2.56. The van der Waals surface area contributed by atoms with Gasteiger partial charge >= 0.3 is 19.5 Å². The van der Waals surface area contributed by atoms with E-state index in [1.807, 2.05) is 0 Å². The van der Waals surface area contributed by atoms with Crippen molar-refractivity contribution >= 4 is 19.5 Å². The molecule has 0 aromatic rings. The number of fused-ring (bicyclic) bond motifs is 2. The molecule has 2 heterocycles. The first kappa shape index (κ1) is 17.4. The van der Waals surface area contributed by atoms with E-state index >= 15 is 0 Å². The fourth-order valence-electron chi connectivity index (χ4n) is 2.96. The minimum atomic E-state index is -3.23. The van der Waals surface area contributed by atoms with Crippen molar-refractivity contribution in [3.63, 3.8) is 0 Å². The highest BCUT2D eigenvalue weighted by atomic mass is 31.2. The van der Waals surface area contributed by atoms with Gasteiger partial charge in [0.25, 0.3) is 0 Å². The van der Waals surface area contributed by atoms with Crippen LogP contribution in [0.2, 0.25) is 0 Å². The molecular formula is C13H21O8P. The molecule has 0 aromatic heterocycles. The third-order valence-corrected chi connectivity index (χ3v) is 5.17. The molecule has 2 saturated heterocycles. The predicted octanol–water partition coefficient (Wildman–Crippen LogP) is 1.33. The summed E-state index contributed by atoms with van der Waals surface area (Å²) in [7, 11) is -1.96. The van der Waals surface area contributed by atoms with Crippen molar-refractivity contribution in [1.82, 2.24) is 0 Å². The topological polar surface area (TPSA) is 97.4 Å². The molecule has 126 valence electrons. The SMILES string of the molecule is CCOP(C)(=O)OCOC(=O)C1C2CCC(O2)C1C(=O)OC. The van der Waals surface area contributed by atoms with E-state index in [4.69, 9.17) is 23.3 Å². The Morgan fingerprint density at radius 1 is 1.14 bits per heavy atom. The molecular weight excluding hydrogens is 315 g/mol. The molecule has 0 saturated carbocycles. The Labute approximate surface area is 128 Å². The molecule has 2 aliphatic rings. The fraction of sp³-hybridized carbons (Fsp3) is 0.846. The normalized spacial score (nSPS) is 32.5. The van der Waals surface area contributed by atoms with Gasteiger partial charge in [-0.15, -0.1) is 0 Å². The summed E-state index contributed by atoms with van der Waals surface area (Å²) in [6, 6.07) is 0. The van der Waals surface area contributed by atoms with E-state index in [1.54, 1.807) is 6.92 Å². The Balaban J connectivity index is 1.91. The number of ether oxygens (including phenoxy) is 3. The molecule has 5 unspecified atom stereocenters. The predicted molar refractivity (Wildman–Crippen MR) is 74.1 cm³/mol. The van der Waals surface area contributed by atoms with Crippen LogP contribution in [0.4, 0.5) is 0 Å². The van der Waals surface area contributed by atoms with E-state index in [1.165, 1.54) is 13.8 Å². The zero-order valence-corrected chi connectivity index (χ0v) is 13.7. The summed E-state index contributed by atoms with van der Waals surface area (Å²) in [6.45, 7) is 2.71. The van der Waals surface area contributed by atoms with Crippen LogP contribution in [0.25, 0.3) is 0 Å². The van der Waals surface area contributed by atoms with Crippen LogP contribution in [0.3, 0.4) is 0 Å². The first-order valence-electron chi connectivity index (χ1n) is 7.16. The molecule has 0 amide bonds. The molecule has 9 heteroatoms. The molecule has 0 aromatic carbocycles. The average Bonchev–Trinajstić information content (AvgIpc) is 3.06. The number of rotatable bonds is 7. The average molecular weight is 336 g/mol. The van der Waals surface area contributed by atoms with E-state index < -0.39 is 38.2 Å². The molecule has 0 aliphatic carbocycles. The third-order valence-electron chi connectivity index (χ3n) is 3.87. The van der Waals surface area contributed by atoms with Crippen molar-refractivity contribution in [2.45, 2.75) is 32.0 Å². The molecule has 8 nitrogen and oxygen atoms in total. The summed E-state index contributed by atoms with van der Waals surface area (Å²) >= 11 is 0. The standard InChI is InChI=1S/C13H21O8P/c1-4-19-22(3,16)20-7-18-13(15)11-9-6-5-8(21-9)10(11)12(14)17-2/h8-11H,4-7H2,1-3H3. The van der Waals surface area contributed by atoms with Crippen LogP contribution in [0, 0.1) is 11.8 Å². The second kappa shape index (κ2) is 7.08. The Kier molecular flexibility index (Phi) is 5.60. The summed E-state index contributed by atoms with van der Waals surface area (Å²) in [6.07, 6.45) is 0.766. The lowest BCUT2D eigenvalue weighted by Gasteiger charge is -2.24. The smallest absolute Gasteiger partial charge is 0.330 e. The summed E-state index contributed by atoms with van der Waals surface area (Å²) in [5, 5.41) is 0. The minimum Gasteiger partial charge on any atom is -0.469 e. The van der Waals surface area contributed by atoms with Gasteiger partial charge in [0.15, 0.2) is 0 Å². The van der Waals surface area contributed by atoms with Crippen LogP contribution in [0.15, 0.2) is 0 Å². The van der Waals surface area contributed by atoms with E-state index in [0.717, 1.165) is 6.42 Å². The summed E-state index contributed by atoms with van der Waals surface area (Å²) in [5.41, 5.74) is 0. The van der Waals surface area contributed by atoms with Crippen LogP contribution < -0.4 is 0 Å². The maximum atomic E-state index is 12.2. The minimum absolute atomic E-state index is 0.229. The summed E-state index contributed by atoms with van der Waals surface area (Å²) in [4.78, 5) is 24.0. The molecule has 2 bridgehead atoms. The van der Waals surface area contributed by atoms with Gasteiger partial charge in [0.1, 0.15) is 0 Å². The fourth-order valence-corrected chi connectivity index (χ4v) is 3.75. The molecule has 0 spiro atoms. The number of carbonyl (C=O) groups excluding carboxylic acids is 2. The van der Waals surface area contributed by atoms with Gasteiger partial charge in [-0.1, -0.05) is 0 Å². The second-order valence-corrected chi connectivity index (χ2v) is 7.32. The van der Waals surface area contributed by atoms with Gasteiger partial charge in [0.05, 0.1) is 37.8 Å². The highest BCUT2D eigenvalue weighted by Crippen LogP contribution is 2.45. The highest BCUT2D eigenvalue weighted by molar-refractivity contribution is 7.52. The number of esters is 2. The van der Waals surface area contributed by atoms with Gasteiger partial charge in [-0.25, -0.2) is 0 Å². The van der Waals surface area contributed by atoms with E-state index in [-0.39, 0.29) is 18.8 Å². The van der Waals surface area contributed by atoms with Crippen molar-refractivity contribution in [3.8, 4) is 0 Å². The van der Waals surface area contributed by atoms with Crippen molar-refractivity contribution < 1.29 is 37.4 Å². The van der Waals surface area contributed by atoms with Crippen LogP contribution in [0.5, 0.6) is 0 Å². The van der Waals surface area contributed by atoms with E-state index in [2.05, 4.69) is 0 Å². The van der Waals surface area contributed by atoms with Gasteiger partial charge in [0.2, 0.25) is 6.79 Å². The Hall–Kier alpha value is -0.950. The maximum absolute atomic E-state index is 12.2. The maximum Gasteiger partial charge on any atom is 0.330 e. The lowest BCUT2D eigenvalue weighted by atomic mass is 9.79.